The number of hydrogen-bond donors (Lipinski definition) is 2. The van der Waals surface area contributed by atoms with Crippen molar-refractivity contribution in [2.75, 3.05) is 11.9 Å². The van der Waals surface area contributed by atoms with Crippen molar-refractivity contribution >= 4 is 11.7 Å². The largest absolute Gasteiger partial charge is 0.368 e. The van der Waals surface area contributed by atoms with Gasteiger partial charge in [-0.2, -0.15) is 0 Å². The lowest BCUT2D eigenvalue weighted by Gasteiger charge is -2.25. The van der Waals surface area contributed by atoms with Crippen LogP contribution in [-0.4, -0.2) is 22.4 Å². The molecular weight excluding hydrogens is 264 g/mol. The molecule has 21 heavy (non-hydrogen) atoms. The van der Waals surface area contributed by atoms with Crippen LogP contribution in [0, 0.1) is 0 Å². The molecule has 0 aliphatic heterocycles. The second-order valence-electron chi connectivity index (χ2n) is 5.32. The summed E-state index contributed by atoms with van der Waals surface area (Å²) in [5.74, 6) is 0.498. The van der Waals surface area contributed by atoms with E-state index in [4.69, 9.17) is 5.73 Å². The van der Waals surface area contributed by atoms with Crippen molar-refractivity contribution in [3.63, 3.8) is 0 Å². The van der Waals surface area contributed by atoms with Gasteiger partial charge in [0.15, 0.2) is 0 Å². The van der Waals surface area contributed by atoms with Crippen LogP contribution in [0.4, 0.5) is 5.82 Å². The van der Waals surface area contributed by atoms with Crippen molar-refractivity contribution in [3.8, 4) is 0 Å². The Morgan fingerprint density at radius 2 is 2.19 bits per heavy atom. The summed E-state index contributed by atoms with van der Waals surface area (Å²) >= 11 is 0. The maximum Gasteiger partial charge on any atom is 0.268 e. The average molecular weight is 282 g/mol. The van der Waals surface area contributed by atoms with Gasteiger partial charge in [0, 0.05) is 12.5 Å². The number of carbonyl (C=O) groups excluding carboxylic acids is 1. The number of benzene rings is 1. The zero-order chi connectivity index (χ0) is 14.7. The van der Waals surface area contributed by atoms with E-state index in [1.165, 1.54) is 23.7 Å². The van der Waals surface area contributed by atoms with Gasteiger partial charge in [0.1, 0.15) is 11.5 Å². The number of aromatic nitrogens is 2. The predicted octanol–water partition coefficient (Wildman–Crippen LogP) is 2.11. The molecule has 0 saturated heterocycles. The van der Waals surface area contributed by atoms with E-state index in [0.717, 1.165) is 19.4 Å². The third kappa shape index (κ3) is 3.02. The number of rotatable bonds is 4. The number of nitrogens with one attached hydrogen (secondary N) is 1. The monoisotopic (exact) mass is 282 g/mol. The fraction of sp³-hybridized carbons (Fsp3) is 0.312. The summed E-state index contributed by atoms with van der Waals surface area (Å²) in [4.78, 5) is 19.3. The topological polar surface area (TPSA) is 80.9 Å². The van der Waals surface area contributed by atoms with Gasteiger partial charge in [-0.25, -0.2) is 4.98 Å². The fourth-order valence-electron chi connectivity index (χ4n) is 2.86. The van der Waals surface area contributed by atoms with Crippen LogP contribution >= 0.6 is 0 Å². The van der Waals surface area contributed by atoms with E-state index in [9.17, 15) is 4.79 Å². The molecule has 1 amide bonds. The molecule has 3 N–H and O–H groups in total. The zero-order valence-corrected chi connectivity index (χ0v) is 11.7. The normalized spacial score (nSPS) is 17.0. The third-order valence-corrected chi connectivity index (χ3v) is 3.91. The molecule has 2 aromatic rings. The van der Waals surface area contributed by atoms with Crippen LogP contribution in [-0.2, 0) is 6.42 Å². The first-order valence-electron chi connectivity index (χ1n) is 7.17. The number of nitrogens with zero attached hydrogens (tertiary/aromatic N) is 2. The Hall–Kier alpha value is -2.43. The van der Waals surface area contributed by atoms with Crippen LogP contribution in [0.5, 0.6) is 0 Å². The molecule has 1 heterocycles. The average Bonchev–Trinajstić information content (AvgIpc) is 2.53. The van der Waals surface area contributed by atoms with Gasteiger partial charge >= 0.3 is 0 Å². The molecule has 1 aliphatic carbocycles. The van der Waals surface area contributed by atoms with Crippen molar-refractivity contribution in [2.45, 2.75) is 25.2 Å². The van der Waals surface area contributed by atoms with Gasteiger partial charge in [-0.05, 0) is 30.4 Å². The van der Waals surface area contributed by atoms with E-state index in [-0.39, 0.29) is 5.69 Å². The van der Waals surface area contributed by atoms with E-state index < -0.39 is 5.91 Å². The highest BCUT2D eigenvalue weighted by Gasteiger charge is 2.19. The van der Waals surface area contributed by atoms with Crippen LogP contribution in [0.1, 0.15) is 40.4 Å². The molecule has 0 saturated carbocycles. The molecular formula is C16H18N4O. The van der Waals surface area contributed by atoms with Gasteiger partial charge in [0.2, 0.25) is 0 Å². The van der Waals surface area contributed by atoms with Crippen molar-refractivity contribution in [2.24, 2.45) is 5.73 Å². The summed E-state index contributed by atoms with van der Waals surface area (Å²) in [6.45, 7) is 0.786. The molecule has 1 aromatic carbocycles. The lowest BCUT2D eigenvalue weighted by atomic mass is 9.83. The number of fused-ring (bicyclic) bond motifs is 1. The Morgan fingerprint density at radius 1 is 1.33 bits per heavy atom. The van der Waals surface area contributed by atoms with Gasteiger partial charge in [0.05, 0.1) is 12.4 Å². The van der Waals surface area contributed by atoms with Crippen molar-refractivity contribution < 1.29 is 4.79 Å². The van der Waals surface area contributed by atoms with Crippen molar-refractivity contribution in [1.82, 2.24) is 9.97 Å². The van der Waals surface area contributed by atoms with Crippen LogP contribution < -0.4 is 11.1 Å². The van der Waals surface area contributed by atoms with E-state index >= 15 is 0 Å². The molecule has 1 aliphatic rings. The van der Waals surface area contributed by atoms with E-state index in [1.807, 2.05) is 0 Å². The molecule has 3 rings (SSSR count). The van der Waals surface area contributed by atoms with Gasteiger partial charge in [-0.3, -0.25) is 9.78 Å². The Labute approximate surface area is 123 Å². The number of nitrogens with two attached hydrogens (primary N) is 1. The summed E-state index contributed by atoms with van der Waals surface area (Å²) in [7, 11) is 0. The minimum atomic E-state index is -0.561. The van der Waals surface area contributed by atoms with E-state index in [1.54, 1.807) is 6.20 Å². The first-order valence-corrected chi connectivity index (χ1v) is 7.17. The number of aryl methyl sites for hydroxylation is 1. The Morgan fingerprint density at radius 3 is 3.05 bits per heavy atom. The first kappa shape index (κ1) is 13.5. The maximum absolute atomic E-state index is 11.1. The Balaban J connectivity index is 1.71. The van der Waals surface area contributed by atoms with Crippen molar-refractivity contribution in [1.29, 1.82) is 0 Å². The number of amides is 1. The van der Waals surface area contributed by atoms with E-state index in [0.29, 0.717) is 11.7 Å². The van der Waals surface area contributed by atoms with Crippen LogP contribution in [0.15, 0.2) is 36.7 Å². The molecule has 0 spiro atoms. The van der Waals surface area contributed by atoms with Gasteiger partial charge < -0.3 is 11.1 Å². The van der Waals surface area contributed by atoms with Gasteiger partial charge in [-0.1, -0.05) is 24.3 Å². The summed E-state index contributed by atoms with van der Waals surface area (Å²) < 4.78 is 0. The Bertz CT molecular complexity index is 656. The second kappa shape index (κ2) is 5.91. The Kier molecular flexibility index (Phi) is 3.81. The number of primary amides is 1. The molecule has 1 unspecified atom stereocenters. The zero-order valence-electron chi connectivity index (χ0n) is 11.7. The SMILES string of the molecule is NC(=O)c1cncc(NCC2CCCc3ccccc32)n1. The third-order valence-electron chi connectivity index (χ3n) is 3.91. The number of carbonyl (C=O) groups is 1. The molecule has 108 valence electrons. The number of hydrogen-bond acceptors (Lipinski definition) is 4. The molecule has 0 radical (unpaired) electrons. The van der Waals surface area contributed by atoms with Crippen molar-refractivity contribution in [3.05, 3.63) is 53.5 Å². The molecule has 0 fully saturated rings. The van der Waals surface area contributed by atoms with Gasteiger partial charge in [0.25, 0.3) is 5.91 Å². The molecule has 5 nitrogen and oxygen atoms in total. The fourth-order valence-corrected chi connectivity index (χ4v) is 2.86. The lowest BCUT2D eigenvalue weighted by molar-refractivity contribution is 0.0995. The highest BCUT2D eigenvalue weighted by atomic mass is 16.1. The summed E-state index contributed by atoms with van der Waals surface area (Å²) in [6, 6.07) is 8.59. The summed E-state index contributed by atoms with van der Waals surface area (Å²) in [6.07, 6.45) is 6.51. The molecule has 5 heteroatoms. The van der Waals surface area contributed by atoms with Crippen LogP contribution in [0.3, 0.4) is 0 Å². The minimum absolute atomic E-state index is 0.184. The second-order valence-corrected chi connectivity index (χ2v) is 5.32. The quantitative estimate of drug-likeness (QED) is 0.900. The molecule has 1 aromatic heterocycles. The molecule has 0 bridgehead atoms. The maximum atomic E-state index is 11.1. The predicted molar refractivity (Wildman–Crippen MR) is 81.2 cm³/mol. The van der Waals surface area contributed by atoms with Crippen LogP contribution in [0.2, 0.25) is 0 Å². The smallest absolute Gasteiger partial charge is 0.268 e. The van der Waals surface area contributed by atoms with E-state index in [2.05, 4.69) is 39.6 Å². The summed E-state index contributed by atoms with van der Waals surface area (Å²) in [5.41, 5.74) is 8.25. The van der Waals surface area contributed by atoms with Crippen LogP contribution in [0.25, 0.3) is 0 Å². The molecule has 1 atom stereocenters. The van der Waals surface area contributed by atoms with Gasteiger partial charge in [-0.15, -0.1) is 0 Å². The summed E-state index contributed by atoms with van der Waals surface area (Å²) in [5, 5.41) is 3.27. The first-order chi connectivity index (χ1) is 10.2. The standard InChI is InChI=1S/C16H18N4O/c17-16(21)14-9-18-10-15(20-14)19-8-12-6-3-5-11-4-1-2-7-13(11)12/h1-2,4,7,9-10,12H,3,5-6,8H2,(H2,17,21)(H,19,20). The highest BCUT2D eigenvalue weighted by Crippen LogP contribution is 2.31. The minimum Gasteiger partial charge on any atom is -0.368 e. The lowest BCUT2D eigenvalue weighted by Crippen LogP contribution is -2.19. The highest BCUT2D eigenvalue weighted by molar-refractivity contribution is 5.90. The number of anilines is 1.